The van der Waals surface area contributed by atoms with E-state index in [0.717, 1.165) is 0 Å². The SMILES string of the molecule is CC1(C)c2ccccc2-c2ccc(-c3c4ccccc4c(-c4cccc5c4C(C)(C)c4c-5c5ccccc5c5ccccc45)c4ccccc34)cc21. The normalized spacial score (nSPS) is 14.8. The highest BCUT2D eigenvalue weighted by Gasteiger charge is 2.41. The van der Waals surface area contributed by atoms with Crippen LogP contribution < -0.4 is 0 Å². The van der Waals surface area contributed by atoms with Crippen LogP contribution in [0.25, 0.3) is 87.6 Å². The van der Waals surface area contributed by atoms with Crippen LogP contribution in [0.5, 0.6) is 0 Å². The minimum absolute atomic E-state index is 0.0625. The Bertz CT molecular complexity index is 2950. The van der Waals surface area contributed by atoms with Crippen LogP contribution in [0.2, 0.25) is 0 Å². The Morgan fingerprint density at radius 2 is 0.731 bits per heavy atom. The summed E-state index contributed by atoms with van der Waals surface area (Å²) in [6.07, 6.45) is 0. The summed E-state index contributed by atoms with van der Waals surface area (Å²) in [4.78, 5) is 0. The van der Waals surface area contributed by atoms with E-state index in [0.29, 0.717) is 0 Å². The Morgan fingerprint density at radius 3 is 1.37 bits per heavy atom. The monoisotopic (exact) mass is 662 g/mol. The molecule has 246 valence electrons. The maximum Gasteiger partial charge on any atom is 0.0171 e. The quantitative estimate of drug-likeness (QED) is 0.128. The summed E-state index contributed by atoms with van der Waals surface area (Å²) in [5.41, 5.74) is 16.1. The van der Waals surface area contributed by atoms with Gasteiger partial charge in [0.05, 0.1) is 0 Å². The molecule has 0 atom stereocenters. The molecule has 52 heavy (non-hydrogen) atoms. The molecule has 0 aromatic heterocycles. The Hall–Kier alpha value is -5.98. The molecule has 0 heteroatoms. The zero-order chi connectivity index (χ0) is 34.9. The van der Waals surface area contributed by atoms with Crippen molar-refractivity contribution in [1.82, 2.24) is 0 Å². The van der Waals surface area contributed by atoms with E-state index in [-0.39, 0.29) is 10.8 Å². The van der Waals surface area contributed by atoms with Gasteiger partial charge in [-0.05, 0) is 116 Å². The van der Waals surface area contributed by atoms with Crippen LogP contribution in [-0.4, -0.2) is 0 Å². The van der Waals surface area contributed by atoms with Gasteiger partial charge in [0.15, 0.2) is 0 Å². The molecule has 2 aliphatic carbocycles. The van der Waals surface area contributed by atoms with Crippen molar-refractivity contribution in [3.05, 3.63) is 180 Å². The van der Waals surface area contributed by atoms with Crippen molar-refractivity contribution < 1.29 is 0 Å². The van der Waals surface area contributed by atoms with Gasteiger partial charge in [0.25, 0.3) is 0 Å². The highest BCUT2D eigenvalue weighted by molar-refractivity contribution is 6.23. The summed E-state index contributed by atoms with van der Waals surface area (Å²) in [6, 6.07) is 59.5. The molecule has 0 aliphatic heterocycles. The van der Waals surface area contributed by atoms with Crippen molar-refractivity contribution in [3.8, 4) is 44.5 Å². The first-order valence-corrected chi connectivity index (χ1v) is 18.6. The Morgan fingerprint density at radius 1 is 0.288 bits per heavy atom. The van der Waals surface area contributed by atoms with Crippen LogP contribution in [0.15, 0.2) is 158 Å². The lowest BCUT2D eigenvalue weighted by atomic mass is 9.75. The van der Waals surface area contributed by atoms with Gasteiger partial charge < -0.3 is 0 Å². The fourth-order valence-electron chi connectivity index (χ4n) is 10.4. The molecule has 0 saturated carbocycles. The summed E-state index contributed by atoms with van der Waals surface area (Å²) < 4.78 is 0. The van der Waals surface area contributed by atoms with Gasteiger partial charge in [0, 0.05) is 10.8 Å². The number of hydrogen-bond acceptors (Lipinski definition) is 0. The molecular formula is C52H38. The maximum atomic E-state index is 2.49. The van der Waals surface area contributed by atoms with Gasteiger partial charge >= 0.3 is 0 Å². The lowest BCUT2D eigenvalue weighted by Crippen LogP contribution is -2.17. The predicted octanol–water partition coefficient (Wildman–Crippen LogP) is 14.2. The summed E-state index contributed by atoms with van der Waals surface area (Å²) >= 11 is 0. The first kappa shape index (κ1) is 29.7. The van der Waals surface area contributed by atoms with E-state index in [9.17, 15) is 0 Å². The van der Waals surface area contributed by atoms with Crippen LogP contribution >= 0.6 is 0 Å². The second-order valence-corrected chi connectivity index (χ2v) is 16.0. The third kappa shape index (κ3) is 3.72. The van der Waals surface area contributed by atoms with Gasteiger partial charge in [0.1, 0.15) is 0 Å². The van der Waals surface area contributed by atoms with Crippen molar-refractivity contribution in [3.63, 3.8) is 0 Å². The van der Waals surface area contributed by atoms with Gasteiger partial charge in [-0.15, -0.1) is 0 Å². The Balaban J connectivity index is 1.22. The van der Waals surface area contributed by atoms with Gasteiger partial charge in [0.2, 0.25) is 0 Å². The molecule has 11 rings (SSSR count). The van der Waals surface area contributed by atoms with Crippen molar-refractivity contribution in [2.45, 2.75) is 38.5 Å². The molecule has 9 aromatic rings. The van der Waals surface area contributed by atoms with E-state index in [4.69, 9.17) is 0 Å². The van der Waals surface area contributed by atoms with Crippen molar-refractivity contribution in [1.29, 1.82) is 0 Å². The third-order valence-corrected chi connectivity index (χ3v) is 12.6. The zero-order valence-corrected chi connectivity index (χ0v) is 30.0. The summed E-state index contributed by atoms with van der Waals surface area (Å²) in [6.45, 7) is 9.66. The fraction of sp³-hybridized carbons (Fsp3) is 0.115. The molecule has 0 bridgehead atoms. The molecule has 0 heterocycles. The lowest BCUT2D eigenvalue weighted by Gasteiger charge is -2.27. The first-order chi connectivity index (χ1) is 25.4. The van der Waals surface area contributed by atoms with E-state index in [2.05, 4.69) is 185 Å². The maximum absolute atomic E-state index is 2.49. The molecule has 0 spiro atoms. The smallest absolute Gasteiger partial charge is 0.0171 e. The molecule has 9 aromatic carbocycles. The molecule has 2 aliphatic rings. The lowest BCUT2D eigenvalue weighted by molar-refractivity contribution is 0.660. The van der Waals surface area contributed by atoms with Crippen LogP contribution in [0.1, 0.15) is 49.9 Å². The molecule has 0 radical (unpaired) electrons. The second kappa shape index (κ2) is 10.3. The molecule has 0 saturated heterocycles. The van der Waals surface area contributed by atoms with Crippen LogP contribution in [0.3, 0.4) is 0 Å². The summed E-state index contributed by atoms with van der Waals surface area (Å²) in [5.74, 6) is 0. The van der Waals surface area contributed by atoms with Crippen LogP contribution in [0.4, 0.5) is 0 Å². The van der Waals surface area contributed by atoms with E-state index in [1.165, 1.54) is 110 Å². The van der Waals surface area contributed by atoms with Crippen molar-refractivity contribution >= 4 is 43.1 Å². The third-order valence-electron chi connectivity index (χ3n) is 12.6. The highest BCUT2D eigenvalue weighted by atomic mass is 14.4. The van der Waals surface area contributed by atoms with E-state index in [1.807, 2.05) is 0 Å². The van der Waals surface area contributed by atoms with Gasteiger partial charge in [-0.3, -0.25) is 0 Å². The van der Waals surface area contributed by atoms with Crippen LogP contribution in [-0.2, 0) is 10.8 Å². The first-order valence-electron chi connectivity index (χ1n) is 18.6. The molecule has 0 unspecified atom stereocenters. The van der Waals surface area contributed by atoms with Gasteiger partial charge in [-0.2, -0.15) is 0 Å². The second-order valence-electron chi connectivity index (χ2n) is 16.0. The zero-order valence-electron chi connectivity index (χ0n) is 30.0. The summed E-state index contributed by atoms with van der Waals surface area (Å²) in [7, 11) is 0. The highest BCUT2D eigenvalue weighted by Crippen LogP contribution is 2.58. The van der Waals surface area contributed by atoms with Gasteiger partial charge in [-0.1, -0.05) is 179 Å². The number of benzene rings is 9. The minimum atomic E-state index is -0.216. The Kier molecular flexibility index (Phi) is 5.89. The molecular weight excluding hydrogens is 625 g/mol. The summed E-state index contributed by atoms with van der Waals surface area (Å²) in [5, 5.41) is 10.6. The molecule has 0 amide bonds. The average molecular weight is 663 g/mol. The topological polar surface area (TPSA) is 0 Å². The predicted molar refractivity (Wildman–Crippen MR) is 222 cm³/mol. The molecule has 0 N–H and O–H groups in total. The van der Waals surface area contributed by atoms with Crippen LogP contribution in [0, 0.1) is 0 Å². The van der Waals surface area contributed by atoms with E-state index >= 15 is 0 Å². The fourth-order valence-corrected chi connectivity index (χ4v) is 10.4. The van der Waals surface area contributed by atoms with E-state index in [1.54, 1.807) is 0 Å². The minimum Gasteiger partial charge on any atom is -0.0619 e. The van der Waals surface area contributed by atoms with Gasteiger partial charge in [-0.25, -0.2) is 0 Å². The number of rotatable bonds is 2. The van der Waals surface area contributed by atoms with Crippen molar-refractivity contribution in [2.75, 3.05) is 0 Å². The molecule has 0 fully saturated rings. The van der Waals surface area contributed by atoms with E-state index < -0.39 is 0 Å². The average Bonchev–Trinajstić information content (AvgIpc) is 3.57. The standard InChI is InChI=1S/C52H38/c1-51(2)44-27-14-13-18-34(44)35-29-28-31(30-45(35)51)46-37-20-8-10-22-39(37)47(40-23-11-9-21-38(40)46)42-25-15-26-43-48-36-19-7-5-16-32(36)33-17-6-12-24-41(33)50(48)52(3,4)49(42)43/h5-30H,1-4H3. The number of fused-ring (bicyclic) bond motifs is 13. The molecule has 0 nitrogen and oxygen atoms in total. The number of hydrogen-bond donors (Lipinski definition) is 0. The van der Waals surface area contributed by atoms with Crippen molar-refractivity contribution in [2.24, 2.45) is 0 Å². The Labute approximate surface area is 305 Å². The largest absolute Gasteiger partial charge is 0.0619 e.